The van der Waals surface area contributed by atoms with E-state index in [1.54, 1.807) is 20.4 Å². The van der Waals surface area contributed by atoms with Gasteiger partial charge in [-0.05, 0) is 37.6 Å². The second kappa shape index (κ2) is 11.5. The molecule has 190 valence electrons. The molecule has 2 aromatic heterocycles. The molecule has 0 aliphatic carbocycles. The molecule has 0 bridgehead atoms. The summed E-state index contributed by atoms with van der Waals surface area (Å²) in [6, 6.07) is 9.29. The Morgan fingerprint density at radius 1 is 1.11 bits per heavy atom. The van der Waals surface area contributed by atoms with E-state index in [9.17, 15) is 8.42 Å². The summed E-state index contributed by atoms with van der Waals surface area (Å²) in [5, 5.41) is 6.73. The topological polar surface area (TPSA) is 127 Å². The molecular weight excluding hydrogens is 468 g/mol. The van der Waals surface area contributed by atoms with E-state index in [0.717, 1.165) is 31.1 Å². The number of anilines is 2. The molecule has 2 heterocycles. The van der Waals surface area contributed by atoms with E-state index in [4.69, 9.17) is 14.5 Å². The largest absolute Gasteiger partial charge is 0.497 e. The fourth-order valence-corrected chi connectivity index (χ4v) is 4.22. The summed E-state index contributed by atoms with van der Waals surface area (Å²) in [6.45, 7) is 4.73. The van der Waals surface area contributed by atoms with E-state index in [0.29, 0.717) is 40.8 Å². The minimum atomic E-state index is -3.35. The number of fused-ring (bicyclic) bond motifs is 1. The number of hydrogen-bond acceptors (Lipinski definition) is 9. The lowest BCUT2D eigenvalue weighted by Crippen LogP contribution is -2.46. The van der Waals surface area contributed by atoms with Gasteiger partial charge in [-0.25, -0.2) is 18.1 Å². The van der Waals surface area contributed by atoms with Gasteiger partial charge in [-0.1, -0.05) is 19.8 Å². The summed E-state index contributed by atoms with van der Waals surface area (Å²) in [4.78, 5) is 13.8. The van der Waals surface area contributed by atoms with Gasteiger partial charge in [0.2, 0.25) is 16.0 Å². The summed E-state index contributed by atoms with van der Waals surface area (Å²) < 4.78 is 36.9. The van der Waals surface area contributed by atoms with Gasteiger partial charge in [-0.3, -0.25) is 4.98 Å². The molecule has 0 spiro atoms. The van der Waals surface area contributed by atoms with Crippen LogP contribution in [0.5, 0.6) is 11.5 Å². The Hall–Kier alpha value is -3.18. The summed E-state index contributed by atoms with van der Waals surface area (Å²) in [5.41, 5.74) is 1.63. The Morgan fingerprint density at radius 2 is 1.91 bits per heavy atom. The number of benzene rings is 1. The lowest BCUT2D eigenvalue weighted by Gasteiger charge is -2.32. The molecule has 0 saturated carbocycles. The minimum Gasteiger partial charge on any atom is -0.497 e. The highest BCUT2D eigenvalue weighted by molar-refractivity contribution is 7.88. The van der Waals surface area contributed by atoms with Crippen molar-refractivity contribution in [2.24, 2.45) is 0 Å². The van der Waals surface area contributed by atoms with E-state index in [2.05, 4.69) is 32.2 Å². The van der Waals surface area contributed by atoms with Gasteiger partial charge in [-0.15, -0.1) is 0 Å². The highest BCUT2D eigenvalue weighted by Gasteiger charge is 2.27. The predicted octanol–water partition coefficient (Wildman–Crippen LogP) is 3.56. The second-order valence-electron chi connectivity index (χ2n) is 8.68. The van der Waals surface area contributed by atoms with Crippen molar-refractivity contribution < 1.29 is 17.9 Å². The molecule has 0 saturated heterocycles. The van der Waals surface area contributed by atoms with E-state index in [-0.39, 0.29) is 6.54 Å². The number of sulfonamides is 1. The zero-order chi connectivity index (χ0) is 25.5. The second-order valence-corrected chi connectivity index (χ2v) is 10.5. The Kier molecular flexibility index (Phi) is 8.68. The van der Waals surface area contributed by atoms with Gasteiger partial charge in [0.15, 0.2) is 5.82 Å². The van der Waals surface area contributed by atoms with Gasteiger partial charge in [0, 0.05) is 36.5 Å². The Bertz CT molecular complexity index is 1250. The summed E-state index contributed by atoms with van der Waals surface area (Å²) in [5.74, 6) is 2.35. The average molecular weight is 503 g/mol. The van der Waals surface area contributed by atoms with Crippen molar-refractivity contribution in [1.29, 1.82) is 0 Å². The molecule has 0 aliphatic rings. The summed E-state index contributed by atoms with van der Waals surface area (Å²) in [7, 11) is -0.127. The normalized spacial score (nSPS) is 13.3. The molecule has 3 rings (SSSR count). The molecule has 0 radical (unpaired) electrons. The van der Waals surface area contributed by atoms with E-state index >= 15 is 0 Å². The zero-order valence-corrected chi connectivity index (χ0v) is 21.7. The molecular formula is C24H34N6O4S. The van der Waals surface area contributed by atoms with Crippen molar-refractivity contribution in [1.82, 2.24) is 19.7 Å². The number of nitrogens with zero attached hydrogens (tertiary/aromatic N) is 3. The van der Waals surface area contributed by atoms with Crippen LogP contribution in [0.25, 0.3) is 11.0 Å². The third kappa shape index (κ3) is 7.40. The van der Waals surface area contributed by atoms with Crippen LogP contribution in [0.4, 0.5) is 11.8 Å². The molecule has 10 nitrogen and oxygen atoms in total. The molecule has 3 N–H and O–H groups in total. The van der Waals surface area contributed by atoms with Crippen molar-refractivity contribution in [2.45, 2.75) is 45.2 Å². The molecule has 11 heteroatoms. The molecule has 0 amide bonds. The van der Waals surface area contributed by atoms with E-state index < -0.39 is 15.6 Å². The standard InChI is InChI=1S/C24H34N6O4S/c1-6-7-12-24(2,16-27-35(5,31)32)30-22-21-19(9-8-13-25-21)28-23(29-22)26-15-17-10-11-18(33-3)14-20(17)34-4/h8-11,13-14,27H,6-7,12,15-16H2,1-5H3,(H2,26,28,29,30)/t24-/m1/s1. The van der Waals surface area contributed by atoms with Crippen molar-refractivity contribution >= 4 is 32.8 Å². The minimum absolute atomic E-state index is 0.218. The van der Waals surface area contributed by atoms with Crippen LogP contribution in [-0.2, 0) is 16.6 Å². The number of nitrogens with one attached hydrogen (secondary N) is 3. The first-order chi connectivity index (χ1) is 16.7. The molecule has 0 aliphatic heterocycles. The van der Waals surface area contributed by atoms with Crippen LogP contribution >= 0.6 is 0 Å². The first-order valence-electron chi connectivity index (χ1n) is 11.5. The lowest BCUT2D eigenvalue weighted by atomic mass is 9.95. The van der Waals surface area contributed by atoms with Crippen molar-refractivity contribution in [3.63, 3.8) is 0 Å². The molecule has 35 heavy (non-hydrogen) atoms. The maximum absolute atomic E-state index is 11.8. The molecule has 1 aromatic carbocycles. The number of aromatic nitrogens is 3. The van der Waals surface area contributed by atoms with Crippen LogP contribution in [0, 0.1) is 0 Å². The maximum Gasteiger partial charge on any atom is 0.225 e. The monoisotopic (exact) mass is 502 g/mol. The highest BCUT2D eigenvalue weighted by Crippen LogP contribution is 2.28. The predicted molar refractivity (Wildman–Crippen MR) is 139 cm³/mol. The van der Waals surface area contributed by atoms with Crippen LogP contribution in [-0.4, -0.2) is 55.9 Å². The summed E-state index contributed by atoms with van der Waals surface area (Å²) in [6.07, 6.45) is 5.49. The van der Waals surface area contributed by atoms with Crippen LogP contribution in [0.2, 0.25) is 0 Å². The van der Waals surface area contributed by atoms with Crippen LogP contribution in [0.15, 0.2) is 36.5 Å². The molecule has 0 fully saturated rings. The Labute approximate surface area is 206 Å². The van der Waals surface area contributed by atoms with Crippen molar-refractivity contribution in [3.05, 3.63) is 42.1 Å². The maximum atomic E-state index is 11.8. The quantitative estimate of drug-likeness (QED) is 0.321. The van der Waals surface area contributed by atoms with Crippen LogP contribution in [0.1, 0.15) is 38.7 Å². The first kappa shape index (κ1) is 26.4. The van der Waals surface area contributed by atoms with Crippen molar-refractivity contribution in [2.75, 3.05) is 37.7 Å². The smallest absolute Gasteiger partial charge is 0.225 e. The Balaban J connectivity index is 1.91. The van der Waals surface area contributed by atoms with Gasteiger partial charge in [0.1, 0.15) is 17.0 Å². The van der Waals surface area contributed by atoms with Gasteiger partial charge in [-0.2, -0.15) is 4.98 Å². The molecule has 1 atom stereocenters. The van der Waals surface area contributed by atoms with Crippen molar-refractivity contribution in [3.8, 4) is 11.5 Å². The van der Waals surface area contributed by atoms with Gasteiger partial charge >= 0.3 is 0 Å². The van der Waals surface area contributed by atoms with E-state index in [1.165, 1.54) is 0 Å². The van der Waals surface area contributed by atoms with E-state index in [1.807, 2.05) is 37.3 Å². The first-order valence-corrected chi connectivity index (χ1v) is 13.4. The average Bonchev–Trinajstić information content (AvgIpc) is 2.84. The third-order valence-corrected chi connectivity index (χ3v) is 6.28. The fourth-order valence-electron chi connectivity index (χ4n) is 3.64. The van der Waals surface area contributed by atoms with Gasteiger partial charge in [0.05, 0.1) is 26.0 Å². The number of unbranched alkanes of at least 4 members (excludes halogenated alkanes) is 1. The SMILES string of the molecule is CCCC[C@](C)(CNS(C)(=O)=O)Nc1nc(NCc2ccc(OC)cc2OC)nc2cccnc12. The third-order valence-electron chi connectivity index (χ3n) is 5.61. The molecule has 0 unspecified atom stereocenters. The van der Waals surface area contributed by atoms with Gasteiger partial charge in [0.25, 0.3) is 0 Å². The number of methoxy groups -OCH3 is 2. The summed E-state index contributed by atoms with van der Waals surface area (Å²) >= 11 is 0. The lowest BCUT2D eigenvalue weighted by molar-refractivity contribution is 0.391. The fraction of sp³-hybridized carbons (Fsp3) is 0.458. The number of ether oxygens (including phenoxy) is 2. The number of hydrogen-bond donors (Lipinski definition) is 3. The van der Waals surface area contributed by atoms with Crippen LogP contribution < -0.4 is 24.8 Å². The van der Waals surface area contributed by atoms with Crippen LogP contribution in [0.3, 0.4) is 0 Å². The zero-order valence-electron chi connectivity index (χ0n) is 20.9. The highest BCUT2D eigenvalue weighted by atomic mass is 32.2. The Morgan fingerprint density at radius 3 is 2.60 bits per heavy atom. The number of pyridine rings is 1. The number of rotatable bonds is 13. The molecule has 3 aromatic rings. The van der Waals surface area contributed by atoms with Gasteiger partial charge < -0.3 is 20.1 Å².